The molecule has 1 aliphatic carbocycles. The summed E-state index contributed by atoms with van der Waals surface area (Å²) in [7, 11) is 0. The van der Waals surface area contributed by atoms with Crippen LogP contribution in [0.15, 0.2) is 36.8 Å². The zero-order chi connectivity index (χ0) is 26.4. The van der Waals surface area contributed by atoms with E-state index in [-0.39, 0.29) is 17.4 Å². The number of hydrogen-bond acceptors (Lipinski definition) is 7. The predicted molar refractivity (Wildman–Crippen MR) is 125 cm³/mol. The molecule has 37 heavy (non-hydrogen) atoms. The molecule has 0 bridgehead atoms. The van der Waals surface area contributed by atoms with Crippen LogP contribution in [0, 0.1) is 17.8 Å². The van der Waals surface area contributed by atoms with Gasteiger partial charge in [-0.05, 0) is 42.0 Å². The van der Waals surface area contributed by atoms with Gasteiger partial charge in [-0.3, -0.25) is 9.69 Å². The van der Waals surface area contributed by atoms with Gasteiger partial charge < -0.3 is 29.8 Å². The Morgan fingerprint density at radius 3 is 2.54 bits per heavy atom. The predicted octanol–water partition coefficient (Wildman–Crippen LogP) is 1.82. The number of carboxylic acids is 1. The van der Waals surface area contributed by atoms with Gasteiger partial charge in [0.25, 0.3) is 0 Å². The Kier molecular flexibility index (Phi) is 8.67. The topological polar surface area (TPSA) is 120 Å². The number of hydrogen-bond donors (Lipinski definition) is 3. The van der Waals surface area contributed by atoms with Crippen molar-refractivity contribution < 1.29 is 37.3 Å². The highest BCUT2D eigenvalue weighted by molar-refractivity contribution is 5.84. The Morgan fingerprint density at radius 1 is 1.22 bits per heavy atom. The van der Waals surface area contributed by atoms with E-state index in [2.05, 4.69) is 24.9 Å². The molecule has 10 nitrogen and oxygen atoms in total. The first-order valence-corrected chi connectivity index (χ1v) is 12.0. The summed E-state index contributed by atoms with van der Waals surface area (Å²) in [6.45, 7) is 6.33. The number of aromatic amines is 1. The Bertz CT molecular complexity index is 1030. The van der Waals surface area contributed by atoms with E-state index >= 15 is 0 Å². The van der Waals surface area contributed by atoms with Gasteiger partial charge in [0.2, 0.25) is 5.91 Å². The van der Waals surface area contributed by atoms with Crippen molar-refractivity contribution in [1.82, 2.24) is 25.1 Å². The molecule has 0 spiro atoms. The number of piperidine rings is 1. The number of carbonyl (C=O) groups excluding carboxylic acids is 1. The number of nitrogens with zero attached hydrogens (tertiary/aromatic N) is 3. The van der Waals surface area contributed by atoms with Gasteiger partial charge in [0.1, 0.15) is 11.4 Å². The number of morpholine rings is 1. The van der Waals surface area contributed by atoms with Crippen LogP contribution in [-0.2, 0) is 16.1 Å². The van der Waals surface area contributed by atoms with Crippen LogP contribution >= 0.6 is 0 Å². The second kappa shape index (κ2) is 11.9. The number of aromatic nitrogens is 2. The third-order valence-electron chi connectivity index (χ3n) is 6.74. The van der Waals surface area contributed by atoms with E-state index in [1.165, 1.54) is 24.7 Å². The van der Waals surface area contributed by atoms with Crippen molar-refractivity contribution in [3.8, 4) is 5.75 Å². The van der Waals surface area contributed by atoms with Crippen LogP contribution in [0.4, 0.5) is 13.2 Å². The van der Waals surface area contributed by atoms with E-state index in [9.17, 15) is 22.8 Å². The summed E-state index contributed by atoms with van der Waals surface area (Å²) in [5, 5.41) is 11.5. The standard InChI is InChI=1S/C20H26F3N3O3.C4H4N2O2/c21-20(22,23)29-15-3-1-2-14(8-15)9-24-10-16-17-11-25(12-18(16)17)13-19(27)26-4-6-28-7-5-26;7-4(8)3-1-5-2-6-3/h1-3,8,16-18,24H,4-7,9-13H2;1-2H,(H,5,6)(H,7,8). The van der Waals surface area contributed by atoms with E-state index in [4.69, 9.17) is 9.84 Å². The number of fused-ring (bicyclic) bond motifs is 1. The van der Waals surface area contributed by atoms with Gasteiger partial charge in [-0.25, -0.2) is 9.78 Å². The number of benzene rings is 1. The van der Waals surface area contributed by atoms with Crippen LogP contribution in [0.1, 0.15) is 16.1 Å². The van der Waals surface area contributed by atoms with Crippen molar-refractivity contribution in [2.75, 3.05) is 52.5 Å². The molecule has 202 valence electrons. The summed E-state index contributed by atoms with van der Waals surface area (Å²) in [5.41, 5.74) is 0.875. The van der Waals surface area contributed by atoms with Crippen molar-refractivity contribution in [3.63, 3.8) is 0 Å². The van der Waals surface area contributed by atoms with Crippen molar-refractivity contribution in [1.29, 1.82) is 0 Å². The lowest BCUT2D eigenvalue weighted by Gasteiger charge is -2.29. The maximum Gasteiger partial charge on any atom is 0.573 e. The molecule has 3 aliphatic rings. The second-order valence-corrected chi connectivity index (χ2v) is 9.28. The van der Waals surface area contributed by atoms with Crippen LogP contribution < -0.4 is 10.1 Å². The van der Waals surface area contributed by atoms with Gasteiger partial charge in [-0.15, -0.1) is 13.2 Å². The molecule has 2 unspecified atom stereocenters. The summed E-state index contributed by atoms with van der Waals surface area (Å²) >= 11 is 0. The Labute approximate surface area is 211 Å². The van der Waals surface area contributed by atoms with E-state index < -0.39 is 12.3 Å². The van der Waals surface area contributed by atoms with Gasteiger partial charge >= 0.3 is 12.3 Å². The maximum absolute atomic E-state index is 12.3. The lowest BCUT2D eigenvalue weighted by Crippen LogP contribution is -2.45. The molecule has 0 radical (unpaired) electrons. The summed E-state index contributed by atoms with van der Waals surface area (Å²) < 4.78 is 46.2. The van der Waals surface area contributed by atoms with Crippen LogP contribution in [0.25, 0.3) is 0 Å². The molecule has 1 amide bonds. The number of carboxylic acid groups (broad SMARTS) is 1. The third-order valence-corrected chi connectivity index (χ3v) is 6.74. The minimum atomic E-state index is -4.67. The molecule has 3 heterocycles. The van der Waals surface area contributed by atoms with Crippen molar-refractivity contribution in [2.45, 2.75) is 12.9 Å². The van der Waals surface area contributed by atoms with E-state index in [1.807, 2.05) is 4.90 Å². The fraction of sp³-hybridized carbons (Fsp3) is 0.542. The van der Waals surface area contributed by atoms with Gasteiger partial charge in [0, 0.05) is 32.7 Å². The smallest absolute Gasteiger partial charge is 0.477 e. The molecule has 2 aliphatic heterocycles. The fourth-order valence-electron chi connectivity index (χ4n) is 4.88. The van der Waals surface area contributed by atoms with Gasteiger partial charge in [0.15, 0.2) is 0 Å². The number of nitrogens with one attached hydrogen (secondary N) is 2. The Hall–Kier alpha value is -3.16. The number of rotatable bonds is 8. The number of amides is 1. The van der Waals surface area contributed by atoms with E-state index in [0.717, 1.165) is 25.2 Å². The summed E-state index contributed by atoms with van der Waals surface area (Å²) in [4.78, 5) is 32.4. The second-order valence-electron chi connectivity index (χ2n) is 9.28. The first-order chi connectivity index (χ1) is 17.7. The number of alkyl halides is 3. The molecule has 2 saturated heterocycles. The molecule has 5 rings (SSSR count). The first-order valence-electron chi connectivity index (χ1n) is 12.0. The lowest BCUT2D eigenvalue weighted by atomic mass is 10.2. The fourth-order valence-corrected chi connectivity index (χ4v) is 4.88. The quantitative estimate of drug-likeness (QED) is 0.478. The first kappa shape index (κ1) is 26.9. The zero-order valence-corrected chi connectivity index (χ0v) is 20.1. The van der Waals surface area contributed by atoms with Gasteiger partial charge in [-0.2, -0.15) is 0 Å². The number of carbonyl (C=O) groups is 2. The average Bonchev–Trinajstić information content (AvgIpc) is 3.25. The number of aromatic carboxylic acids is 1. The molecule has 3 N–H and O–H groups in total. The van der Waals surface area contributed by atoms with Crippen molar-refractivity contribution in [3.05, 3.63) is 48.0 Å². The van der Waals surface area contributed by atoms with Gasteiger partial charge in [0.05, 0.1) is 32.3 Å². The number of likely N-dealkylation sites (tertiary alicyclic amines) is 1. The monoisotopic (exact) mass is 525 g/mol. The van der Waals surface area contributed by atoms with Gasteiger partial charge in [-0.1, -0.05) is 12.1 Å². The minimum absolute atomic E-state index is 0.116. The molecule has 2 atom stereocenters. The summed E-state index contributed by atoms with van der Waals surface area (Å²) in [5.74, 6) is 0.813. The van der Waals surface area contributed by atoms with Crippen molar-refractivity contribution in [2.24, 2.45) is 17.8 Å². The molecule has 1 aromatic carbocycles. The molecule has 1 aromatic heterocycles. The Balaban J connectivity index is 0.000000342. The number of H-pyrrole nitrogens is 1. The molecule has 1 saturated carbocycles. The number of ether oxygens (including phenoxy) is 2. The van der Waals surface area contributed by atoms with E-state index in [0.29, 0.717) is 57.1 Å². The minimum Gasteiger partial charge on any atom is -0.477 e. The lowest BCUT2D eigenvalue weighted by molar-refractivity contribution is -0.274. The summed E-state index contributed by atoms with van der Waals surface area (Å²) in [6, 6.07) is 6.05. The maximum atomic E-state index is 12.3. The van der Waals surface area contributed by atoms with Crippen LogP contribution in [-0.4, -0.2) is 95.6 Å². The highest BCUT2D eigenvalue weighted by Crippen LogP contribution is 2.51. The molecular formula is C24H30F3N5O5. The highest BCUT2D eigenvalue weighted by Gasteiger charge is 2.55. The molecule has 13 heteroatoms. The molecule has 2 aromatic rings. The van der Waals surface area contributed by atoms with Crippen LogP contribution in [0.2, 0.25) is 0 Å². The molecular weight excluding hydrogens is 495 g/mol. The largest absolute Gasteiger partial charge is 0.573 e. The SMILES string of the molecule is O=C(CN1CC2C(CNCc3cccc(OC(F)(F)F)c3)C2C1)N1CCOCC1.O=C(O)c1cnc[nH]1. The van der Waals surface area contributed by atoms with Crippen LogP contribution in [0.3, 0.4) is 0 Å². The third kappa shape index (κ3) is 7.91. The number of halogens is 3. The Morgan fingerprint density at radius 2 is 1.95 bits per heavy atom. The highest BCUT2D eigenvalue weighted by atomic mass is 19.4. The van der Waals surface area contributed by atoms with Crippen molar-refractivity contribution >= 4 is 11.9 Å². The molecule has 3 fully saturated rings. The number of imidazole rings is 1. The summed E-state index contributed by atoms with van der Waals surface area (Å²) in [6.07, 6.45) is -2.10. The normalized spacial score (nSPS) is 23.1. The average molecular weight is 526 g/mol. The zero-order valence-electron chi connectivity index (χ0n) is 20.1. The van der Waals surface area contributed by atoms with E-state index in [1.54, 1.807) is 12.1 Å². The van der Waals surface area contributed by atoms with Crippen LogP contribution in [0.5, 0.6) is 5.75 Å².